The summed E-state index contributed by atoms with van der Waals surface area (Å²) in [4.78, 5) is 10.3. The molecule has 0 aromatic carbocycles. The van der Waals surface area contributed by atoms with Crippen molar-refractivity contribution in [3.05, 3.63) is 0 Å². The van der Waals surface area contributed by atoms with Crippen LogP contribution in [0.3, 0.4) is 0 Å². The summed E-state index contributed by atoms with van der Waals surface area (Å²) in [5.74, 6) is 0. The fourth-order valence-electron chi connectivity index (χ4n) is 0.870. The summed E-state index contributed by atoms with van der Waals surface area (Å²) in [6, 6.07) is 0. The van der Waals surface area contributed by atoms with Gasteiger partial charge >= 0.3 is 5.43 Å². The third-order valence-electron chi connectivity index (χ3n) is 1.21. The first-order valence-corrected chi connectivity index (χ1v) is 3.74. The van der Waals surface area contributed by atoms with Crippen LogP contribution in [0, 0.1) is 0 Å². The zero-order valence-electron chi connectivity index (χ0n) is 6.61. The maximum Gasteiger partial charge on any atom is 0.404 e. The van der Waals surface area contributed by atoms with Crippen LogP contribution in [0.1, 0.15) is 33.6 Å². The average molecular weight is 165 g/mol. The molecule has 0 aliphatic rings. The van der Waals surface area contributed by atoms with Gasteiger partial charge in [-0.2, -0.15) is 0 Å². The molecule has 0 saturated carbocycles. The third-order valence-corrected chi connectivity index (χ3v) is 1.29. The maximum atomic E-state index is 10.3. The summed E-state index contributed by atoms with van der Waals surface area (Å²) < 4.78 is 4.80. The minimum Gasteiger partial charge on any atom is -0.448 e. The summed E-state index contributed by atoms with van der Waals surface area (Å²) in [5, 5.41) is 0. The van der Waals surface area contributed by atoms with Crippen molar-refractivity contribution in [2.75, 3.05) is 0 Å². The van der Waals surface area contributed by atoms with Crippen LogP contribution in [0.15, 0.2) is 0 Å². The Morgan fingerprint density at radius 2 is 2.10 bits per heavy atom. The molecule has 0 amide bonds. The molecule has 0 fully saturated rings. The van der Waals surface area contributed by atoms with Gasteiger partial charge in [-0.3, -0.25) is 0 Å². The molecule has 0 rings (SSSR count). The fraction of sp³-hybridized carbons (Fsp3) is 0.857. The molecule has 3 heteroatoms. The molecular weight excluding hydrogens is 152 g/mol. The van der Waals surface area contributed by atoms with Crippen LogP contribution in [0.5, 0.6) is 0 Å². The van der Waals surface area contributed by atoms with E-state index in [9.17, 15) is 4.79 Å². The van der Waals surface area contributed by atoms with Gasteiger partial charge in [0, 0.05) is 11.6 Å². The number of carbonyl (C=O) groups excluding carboxylic acids is 1. The van der Waals surface area contributed by atoms with E-state index in [0.717, 1.165) is 12.8 Å². The highest BCUT2D eigenvalue weighted by atomic mass is 35.5. The van der Waals surface area contributed by atoms with Crippen molar-refractivity contribution in [1.82, 2.24) is 0 Å². The van der Waals surface area contributed by atoms with Crippen LogP contribution in [-0.4, -0.2) is 11.0 Å². The average Bonchev–Trinajstić information content (AvgIpc) is 1.59. The van der Waals surface area contributed by atoms with Gasteiger partial charge in [-0.15, -0.1) is 0 Å². The lowest BCUT2D eigenvalue weighted by Crippen LogP contribution is -2.24. The summed E-state index contributed by atoms with van der Waals surface area (Å²) in [6.07, 6.45) is 1.82. The fourth-order valence-corrected chi connectivity index (χ4v) is 1.08. The number of carbonyl (C=O) groups is 1. The van der Waals surface area contributed by atoms with Crippen molar-refractivity contribution >= 4 is 17.0 Å². The van der Waals surface area contributed by atoms with Crippen LogP contribution in [0.2, 0.25) is 0 Å². The van der Waals surface area contributed by atoms with Gasteiger partial charge in [0.2, 0.25) is 0 Å². The molecular formula is C7H13ClO2. The van der Waals surface area contributed by atoms with Crippen molar-refractivity contribution < 1.29 is 9.53 Å². The molecule has 0 aliphatic heterocycles. The van der Waals surface area contributed by atoms with Crippen LogP contribution < -0.4 is 0 Å². The number of hydrogen-bond acceptors (Lipinski definition) is 2. The zero-order valence-corrected chi connectivity index (χ0v) is 7.36. The van der Waals surface area contributed by atoms with Gasteiger partial charge in [0.1, 0.15) is 5.60 Å². The molecule has 0 bridgehead atoms. The summed E-state index contributed by atoms with van der Waals surface area (Å²) in [6.45, 7) is 5.72. The molecule has 2 nitrogen and oxygen atoms in total. The molecule has 0 aliphatic carbocycles. The number of ether oxygens (including phenoxy) is 1. The Bertz CT molecular complexity index is 121. The van der Waals surface area contributed by atoms with Crippen molar-refractivity contribution in [2.45, 2.75) is 39.2 Å². The highest BCUT2D eigenvalue weighted by Crippen LogP contribution is 2.17. The van der Waals surface area contributed by atoms with Crippen molar-refractivity contribution in [2.24, 2.45) is 0 Å². The second-order valence-electron chi connectivity index (χ2n) is 2.85. The molecule has 0 N–H and O–H groups in total. The SMILES string of the molecule is CCCC(C)(C)OC(=O)Cl. The van der Waals surface area contributed by atoms with Crippen molar-refractivity contribution in [3.63, 3.8) is 0 Å². The molecule has 0 aromatic heterocycles. The van der Waals surface area contributed by atoms with Gasteiger partial charge in [0.05, 0.1) is 0 Å². The Balaban J connectivity index is 3.74. The van der Waals surface area contributed by atoms with E-state index in [0.29, 0.717) is 0 Å². The first-order valence-electron chi connectivity index (χ1n) is 3.36. The van der Waals surface area contributed by atoms with Crippen molar-refractivity contribution in [1.29, 1.82) is 0 Å². The predicted octanol–water partition coefficient (Wildman–Crippen LogP) is 2.94. The Morgan fingerprint density at radius 3 is 2.40 bits per heavy atom. The molecule has 0 aromatic rings. The Morgan fingerprint density at radius 1 is 1.60 bits per heavy atom. The van der Waals surface area contributed by atoms with Crippen LogP contribution in [-0.2, 0) is 4.74 Å². The molecule has 60 valence electrons. The van der Waals surface area contributed by atoms with E-state index in [-0.39, 0.29) is 0 Å². The first-order chi connectivity index (χ1) is 4.48. The van der Waals surface area contributed by atoms with E-state index in [1.165, 1.54) is 0 Å². The Hall–Kier alpha value is -0.240. The number of hydrogen-bond donors (Lipinski definition) is 0. The molecule has 0 spiro atoms. The van der Waals surface area contributed by atoms with Gasteiger partial charge in [-0.1, -0.05) is 13.3 Å². The van der Waals surface area contributed by atoms with E-state index in [2.05, 4.69) is 0 Å². The van der Waals surface area contributed by atoms with Crippen LogP contribution in [0.25, 0.3) is 0 Å². The number of rotatable bonds is 3. The van der Waals surface area contributed by atoms with E-state index in [4.69, 9.17) is 16.3 Å². The molecule has 0 radical (unpaired) electrons. The highest BCUT2D eigenvalue weighted by Gasteiger charge is 2.19. The van der Waals surface area contributed by atoms with Crippen LogP contribution >= 0.6 is 11.6 Å². The summed E-state index contributed by atoms with van der Waals surface area (Å²) >= 11 is 5.04. The smallest absolute Gasteiger partial charge is 0.404 e. The van der Waals surface area contributed by atoms with E-state index in [1.54, 1.807) is 0 Å². The second-order valence-corrected chi connectivity index (χ2v) is 3.16. The maximum absolute atomic E-state index is 10.3. The van der Waals surface area contributed by atoms with Gasteiger partial charge < -0.3 is 4.74 Å². The molecule has 10 heavy (non-hydrogen) atoms. The molecule has 0 atom stereocenters. The second kappa shape index (κ2) is 3.81. The van der Waals surface area contributed by atoms with E-state index < -0.39 is 11.0 Å². The van der Waals surface area contributed by atoms with Crippen LogP contribution in [0.4, 0.5) is 4.79 Å². The van der Waals surface area contributed by atoms with Crippen molar-refractivity contribution in [3.8, 4) is 0 Å². The molecule has 0 heterocycles. The van der Waals surface area contributed by atoms with E-state index in [1.807, 2.05) is 20.8 Å². The topological polar surface area (TPSA) is 26.3 Å². The Kier molecular flexibility index (Phi) is 3.72. The zero-order chi connectivity index (χ0) is 8.20. The lowest BCUT2D eigenvalue weighted by molar-refractivity contribution is 0.0499. The standard InChI is InChI=1S/C7H13ClO2/c1-4-5-7(2,3)10-6(8)9/h4-5H2,1-3H3. The van der Waals surface area contributed by atoms with Gasteiger partial charge in [-0.25, -0.2) is 4.79 Å². The van der Waals surface area contributed by atoms with Gasteiger partial charge in [-0.05, 0) is 20.3 Å². The van der Waals surface area contributed by atoms with Gasteiger partial charge in [0.15, 0.2) is 0 Å². The first kappa shape index (κ1) is 9.76. The van der Waals surface area contributed by atoms with E-state index >= 15 is 0 Å². The summed E-state index contributed by atoms with van der Waals surface area (Å²) in [5.41, 5.74) is -1.13. The van der Waals surface area contributed by atoms with Gasteiger partial charge in [0.25, 0.3) is 0 Å². The molecule has 0 saturated heterocycles. The lowest BCUT2D eigenvalue weighted by Gasteiger charge is -2.22. The Labute approximate surface area is 66.5 Å². The quantitative estimate of drug-likeness (QED) is 0.600. The lowest BCUT2D eigenvalue weighted by atomic mass is 10.0. The number of halogens is 1. The monoisotopic (exact) mass is 164 g/mol. The molecule has 0 unspecified atom stereocenters. The predicted molar refractivity (Wildman–Crippen MR) is 41.3 cm³/mol. The highest BCUT2D eigenvalue weighted by molar-refractivity contribution is 6.61. The normalized spacial score (nSPS) is 11.2. The minimum absolute atomic E-state index is 0.409. The summed E-state index contributed by atoms with van der Waals surface area (Å²) in [7, 11) is 0. The third kappa shape index (κ3) is 4.62. The minimum atomic E-state index is -0.724. The largest absolute Gasteiger partial charge is 0.448 e.